The summed E-state index contributed by atoms with van der Waals surface area (Å²) in [5.41, 5.74) is 1.28. The standard InChI is InChI=1S/C17H18N2O5S/c1-23-12-4-2-11(3-5-12)16-18-14(10-25-16)17(22)19-6-7-24-13(9-19)8-15(20)21/h2-5,10,13H,6-9H2,1H3,(H,20,21)/t13-/m0/s1. The number of hydrogen-bond donors (Lipinski definition) is 1. The Labute approximate surface area is 148 Å². The van der Waals surface area contributed by atoms with E-state index >= 15 is 0 Å². The van der Waals surface area contributed by atoms with Crippen LogP contribution < -0.4 is 4.74 Å². The molecule has 1 aliphatic rings. The molecule has 25 heavy (non-hydrogen) atoms. The molecule has 0 aliphatic carbocycles. The fraction of sp³-hybridized carbons (Fsp3) is 0.353. The SMILES string of the molecule is COc1ccc(-c2nc(C(=O)N3CCO[C@@H](CC(=O)O)C3)cs2)cc1. The number of aliphatic carboxylic acids is 1. The van der Waals surface area contributed by atoms with Gasteiger partial charge in [-0.15, -0.1) is 11.3 Å². The molecule has 2 heterocycles. The molecule has 1 atom stereocenters. The van der Waals surface area contributed by atoms with Gasteiger partial charge in [0.15, 0.2) is 0 Å². The average molecular weight is 362 g/mol. The minimum absolute atomic E-state index is 0.113. The van der Waals surface area contributed by atoms with Gasteiger partial charge in [-0.2, -0.15) is 0 Å². The lowest BCUT2D eigenvalue weighted by Crippen LogP contribution is -2.46. The zero-order chi connectivity index (χ0) is 17.8. The van der Waals surface area contributed by atoms with Gasteiger partial charge in [-0.25, -0.2) is 4.98 Å². The monoisotopic (exact) mass is 362 g/mol. The summed E-state index contributed by atoms with van der Waals surface area (Å²) in [6, 6.07) is 7.47. The van der Waals surface area contributed by atoms with Gasteiger partial charge < -0.3 is 19.5 Å². The maximum atomic E-state index is 12.6. The average Bonchev–Trinajstić information content (AvgIpc) is 3.11. The summed E-state index contributed by atoms with van der Waals surface area (Å²) < 4.78 is 10.5. The fourth-order valence-electron chi connectivity index (χ4n) is 2.62. The topological polar surface area (TPSA) is 89.0 Å². The normalized spacial score (nSPS) is 17.3. The van der Waals surface area contributed by atoms with Gasteiger partial charge in [0.25, 0.3) is 5.91 Å². The molecule has 1 saturated heterocycles. The van der Waals surface area contributed by atoms with Gasteiger partial charge in [0.2, 0.25) is 0 Å². The van der Waals surface area contributed by atoms with Crippen molar-refractivity contribution in [1.29, 1.82) is 0 Å². The zero-order valence-electron chi connectivity index (χ0n) is 13.7. The van der Waals surface area contributed by atoms with Crippen LogP contribution in [-0.4, -0.2) is 59.8 Å². The predicted molar refractivity (Wildman–Crippen MR) is 92.0 cm³/mol. The van der Waals surface area contributed by atoms with Crippen molar-refractivity contribution >= 4 is 23.2 Å². The van der Waals surface area contributed by atoms with Gasteiger partial charge in [0.1, 0.15) is 16.5 Å². The number of carbonyl (C=O) groups is 2. The molecule has 8 heteroatoms. The third-order valence-electron chi connectivity index (χ3n) is 3.89. The molecule has 0 bridgehead atoms. The number of ether oxygens (including phenoxy) is 2. The van der Waals surface area contributed by atoms with E-state index in [4.69, 9.17) is 14.6 Å². The first kappa shape index (κ1) is 17.4. The number of carbonyl (C=O) groups excluding carboxylic acids is 1. The Balaban J connectivity index is 1.70. The number of thiazole rings is 1. The van der Waals surface area contributed by atoms with Crippen molar-refractivity contribution in [3.8, 4) is 16.3 Å². The second-order valence-corrected chi connectivity index (χ2v) is 6.47. The molecule has 1 amide bonds. The van der Waals surface area contributed by atoms with E-state index in [1.54, 1.807) is 17.4 Å². The number of benzene rings is 1. The summed E-state index contributed by atoms with van der Waals surface area (Å²) in [6.07, 6.45) is -0.590. The summed E-state index contributed by atoms with van der Waals surface area (Å²) in [5, 5.41) is 11.3. The van der Waals surface area contributed by atoms with Crippen molar-refractivity contribution < 1.29 is 24.2 Å². The third-order valence-corrected chi connectivity index (χ3v) is 4.78. The van der Waals surface area contributed by atoms with Crippen molar-refractivity contribution in [2.75, 3.05) is 26.8 Å². The van der Waals surface area contributed by atoms with E-state index in [9.17, 15) is 9.59 Å². The first-order valence-electron chi connectivity index (χ1n) is 7.79. The molecule has 0 saturated carbocycles. The van der Waals surface area contributed by atoms with Crippen LogP contribution >= 0.6 is 11.3 Å². The number of morpholine rings is 1. The number of methoxy groups -OCH3 is 1. The maximum absolute atomic E-state index is 12.6. The van der Waals surface area contributed by atoms with Crippen molar-refractivity contribution in [2.24, 2.45) is 0 Å². The van der Waals surface area contributed by atoms with Crippen LogP contribution in [0.15, 0.2) is 29.6 Å². The minimum Gasteiger partial charge on any atom is -0.497 e. The van der Waals surface area contributed by atoms with Crippen LogP contribution in [0.25, 0.3) is 10.6 Å². The molecular formula is C17H18N2O5S. The molecule has 7 nitrogen and oxygen atoms in total. The van der Waals surface area contributed by atoms with E-state index in [2.05, 4.69) is 4.98 Å². The summed E-state index contributed by atoms with van der Waals surface area (Å²) in [5.74, 6) is -0.376. The van der Waals surface area contributed by atoms with Crippen molar-refractivity contribution in [3.05, 3.63) is 35.3 Å². The molecule has 0 unspecified atom stereocenters. The number of carboxylic acids is 1. The highest BCUT2D eigenvalue weighted by Gasteiger charge is 2.27. The van der Waals surface area contributed by atoms with Gasteiger partial charge >= 0.3 is 5.97 Å². The first-order chi connectivity index (χ1) is 12.1. The molecule has 1 aromatic heterocycles. The van der Waals surface area contributed by atoms with Crippen LogP contribution in [0.4, 0.5) is 0 Å². The lowest BCUT2D eigenvalue weighted by atomic mass is 10.2. The Morgan fingerprint density at radius 3 is 2.84 bits per heavy atom. The number of amides is 1. The predicted octanol–water partition coefficient (Wildman–Crippen LogP) is 2.13. The van der Waals surface area contributed by atoms with Gasteiger partial charge in [0, 0.05) is 24.0 Å². The highest BCUT2D eigenvalue weighted by Crippen LogP contribution is 2.26. The molecule has 3 rings (SSSR count). The van der Waals surface area contributed by atoms with Crippen LogP contribution in [-0.2, 0) is 9.53 Å². The van der Waals surface area contributed by atoms with E-state index in [1.807, 2.05) is 24.3 Å². The van der Waals surface area contributed by atoms with Crippen LogP contribution in [0.1, 0.15) is 16.9 Å². The number of nitrogens with zero attached hydrogens (tertiary/aromatic N) is 2. The molecule has 1 N–H and O–H groups in total. The Bertz CT molecular complexity index is 759. The molecule has 1 aromatic carbocycles. The Morgan fingerprint density at radius 1 is 1.40 bits per heavy atom. The Morgan fingerprint density at radius 2 is 2.16 bits per heavy atom. The lowest BCUT2D eigenvalue weighted by molar-refractivity contribution is -0.141. The molecule has 1 fully saturated rings. The summed E-state index contributed by atoms with van der Waals surface area (Å²) in [7, 11) is 1.61. The highest BCUT2D eigenvalue weighted by molar-refractivity contribution is 7.13. The zero-order valence-corrected chi connectivity index (χ0v) is 14.5. The van der Waals surface area contributed by atoms with E-state index < -0.39 is 12.1 Å². The maximum Gasteiger partial charge on any atom is 0.306 e. The third kappa shape index (κ3) is 4.15. The molecular weight excluding hydrogens is 344 g/mol. The van der Waals surface area contributed by atoms with Gasteiger partial charge in [-0.3, -0.25) is 9.59 Å². The van der Waals surface area contributed by atoms with Crippen LogP contribution in [0, 0.1) is 0 Å². The number of carboxylic acid groups (broad SMARTS) is 1. The summed E-state index contributed by atoms with van der Waals surface area (Å²) >= 11 is 1.40. The van der Waals surface area contributed by atoms with E-state index in [0.717, 1.165) is 16.3 Å². The summed E-state index contributed by atoms with van der Waals surface area (Å²) in [4.78, 5) is 29.5. The molecule has 2 aromatic rings. The van der Waals surface area contributed by atoms with Crippen molar-refractivity contribution in [2.45, 2.75) is 12.5 Å². The van der Waals surface area contributed by atoms with E-state index in [1.165, 1.54) is 11.3 Å². The largest absolute Gasteiger partial charge is 0.497 e. The highest BCUT2D eigenvalue weighted by atomic mass is 32.1. The van der Waals surface area contributed by atoms with E-state index in [-0.39, 0.29) is 18.9 Å². The molecule has 132 valence electrons. The van der Waals surface area contributed by atoms with Crippen molar-refractivity contribution in [1.82, 2.24) is 9.88 Å². The molecule has 0 radical (unpaired) electrons. The smallest absolute Gasteiger partial charge is 0.306 e. The van der Waals surface area contributed by atoms with Gasteiger partial charge in [-0.1, -0.05) is 0 Å². The quantitative estimate of drug-likeness (QED) is 0.877. The Hall–Kier alpha value is -2.45. The minimum atomic E-state index is -0.935. The van der Waals surface area contributed by atoms with Crippen LogP contribution in [0.5, 0.6) is 5.75 Å². The van der Waals surface area contributed by atoms with Crippen LogP contribution in [0.3, 0.4) is 0 Å². The summed E-state index contributed by atoms with van der Waals surface area (Å²) in [6.45, 7) is 1.03. The molecule has 0 spiro atoms. The van der Waals surface area contributed by atoms with E-state index in [0.29, 0.717) is 18.8 Å². The Kier molecular flexibility index (Phi) is 5.30. The number of hydrogen-bond acceptors (Lipinski definition) is 6. The van der Waals surface area contributed by atoms with Crippen molar-refractivity contribution in [3.63, 3.8) is 0 Å². The fourth-order valence-corrected chi connectivity index (χ4v) is 3.42. The second kappa shape index (κ2) is 7.62. The number of rotatable bonds is 5. The number of aromatic nitrogens is 1. The van der Waals surface area contributed by atoms with Gasteiger partial charge in [0.05, 0.1) is 26.2 Å². The molecule has 1 aliphatic heterocycles. The van der Waals surface area contributed by atoms with Gasteiger partial charge in [-0.05, 0) is 24.3 Å². The van der Waals surface area contributed by atoms with Crippen LogP contribution in [0.2, 0.25) is 0 Å². The lowest BCUT2D eigenvalue weighted by Gasteiger charge is -2.31. The first-order valence-corrected chi connectivity index (χ1v) is 8.67. The second-order valence-electron chi connectivity index (χ2n) is 5.61.